The Morgan fingerprint density at radius 3 is 2.87 bits per heavy atom. The number of aryl methyl sites for hydroxylation is 1. The number of fused-ring (bicyclic) bond motifs is 1. The zero-order chi connectivity index (χ0) is 21.8. The molecule has 1 aliphatic carbocycles. The van der Waals surface area contributed by atoms with E-state index in [4.69, 9.17) is 14.0 Å². The predicted molar refractivity (Wildman–Crippen MR) is 116 cm³/mol. The molecule has 1 unspecified atom stereocenters. The smallest absolute Gasteiger partial charge is 0.278 e. The van der Waals surface area contributed by atoms with Gasteiger partial charge in [-0.25, -0.2) is 0 Å². The largest absolute Gasteiger partial charge is 0.490 e. The Morgan fingerprint density at radius 1 is 1.26 bits per heavy atom. The molecule has 0 saturated carbocycles. The van der Waals surface area contributed by atoms with Crippen molar-refractivity contribution in [3.63, 3.8) is 0 Å². The lowest BCUT2D eigenvalue weighted by Crippen LogP contribution is -2.17. The Balaban J connectivity index is 1.44. The van der Waals surface area contributed by atoms with E-state index in [2.05, 4.69) is 22.5 Å². The van der Waals surface area contributed by atoms with Gasteiger partial charge in [-0.1, -0.05) is 18.1 Å². The molecule has 0 radical (unpaired) electrons. The number of benzene rings is 1. The topological polar surface area (TPSA) is 91.4 Å². The number of carbonyl (C=O) groups is 1. The molecule has 8 nitrogen and oxygen atoms in total. The minimum absolute atomic E-state index is 0.265. The maximum Gasteiger partial charge on any atom is 0.278 e. The Bertz CT molecular complexity index is 1060. The quantitative estimate of drug-likeness (QED) is 0.586. The molecule has 1 atom stereocenters. The van der Waals surface area contributed by atoms with Crippen molar-refractivity contribution in [2.75, 3.05) is 18.5 Å². The summed E-state index contributed by atoms with van der Waals surface area (Å²) in [6.07, 6.45) is 6.14. The van der Waals surface area contributed by atoms with Crippen LogP contribution in [0.5, 0.6) is 11.5 Å². The van der Waals surface area contributed by atoms with Crippen LogP contribution in [0.4, 0.5) is 5.69 Å². The van der Waals surface area contributed by atoms with Crippen molar-refractivity contribution < 1.29 is 18.8 Å². The number of aromatic nitrogens is 3. The van der Waals surface area contributed by atoms with E-state index in [1.54, 1.807) is 17.1 Å². The SMILES string of the molecule is CCOc1ccc(Cn2cc(NC(=O)c3noc4c3CC(C)CC4)cn2)cc1OCC. The molecule has 2 aromatic heterocycles. The second-order valence-electron chi connectivity index (χ2n) is 7.81. The molecule has 8 heteroatoms. The van der Waals surface area contributed by atoms with E-state index in [0.717, 1.165) is 41.9 Å². The van der Waals surface area contributed by atoms with Crippen molar-refractivity contribution >= 4 is 11.6 Å². The van der Waals surface area contributed by atoms with Crippen LogP contribution < -0.4 is 14.8 Å². The van der Waals surface area contributed by atoms with Gasteiger partial charge in [-0.15, -0.1) is 0 Å². The number of carbonyl (C=O) groups excluding carboxylic acids is 1. The average Bonchev–Trinajstić information content (AvgIpc) is 3.36. The highest BCUT2D eigenvalue weighted by Crippen LogP contribution is 2.30. The predicted octanol–water partition coefficient (Wildman–Crippen LogP) is 4.09. The minimum atomic E-state index is -0.265. The molecule has 0 bridgehead atoms. The zero-order valence-electron chi connectivity index (χ0n) is 18.2. The van der Waals surface area contributed by atoms with E-state index >= 15 is 0 Å². The van der Waals surface area contributed by atoms with Crippen LogP contribution in [-0.2, 0) is 19.4 Å². The molecule has 164 valence electrons. The van der Waals surface area contributed by atoms with Gasteiger partial charge in [0.15, 0.2) is 17.2 Å². The first kappa shape index (κ1) is 21.0. The van der Waals surface area contributed by atoms with E-state index in [0.29, 0.717) is 42.8 Å². The summed E-state index contributed by atoms with van der Waals surface area (Å²) in [7, 11) is 0. The highest BCUT2D eigenvalue weighted by atomic mass is 16.5. The summed E-state index contributed by atoms with van der Waals surface area (Å²) in [6, 6.07) is 5.85. The molecule has 1 N–H and O–H groups in total. The number of hydrogen-bond acceptors (Lipinski definition) is 6. The third-order valence-electron chi connectivity index (χ3n) is 5.34. The second kappa shape index (κ2) is 9.24. The van der Waals surface area contributed by atoms with Crippen molar-refractivity contribution in [1.82, 2.24) is 14.9 Å². The van der Waals surface area contributed by atoms with Gasteiger partial charge in [0.05, 0.1) is 31.6 Å². The monoisotopic (exact) mass is 424 g/mol. The van der Waals surface area contributed by atoms with Gasteiger partial charge in [-0.3, -0.25) is 9.48 Å². The van der Waals surface area contributed by atoms with Crippen LogP contribution in [0.25, 0.3) is 0 Å². The van der Waals surface area contributed by atoms with Gasteiger partial charge < -0.3 is 19.3 Å². The number of hydrogen-bond donors (Lipinski definition) is 1. The lowest BCUT2D eigenvalue weighted by molar-refractivity contribution is 0.101. The van der Waals surface area contributed by atoms with E-state index in [-0.39, 0.29) is 5.91 Å². The Kier molecular flexibility index (Phi) is 6.25. The van der Waals surface area contributed by atoms with Crippen LogP contribution in [0.2, 0.25) is 0 Å². The first-order valence-electron chi connectivity index (χ1n) is 10.8. The fourth-order valence-electron chi connectivity index (χ4n) is 3.84. The third-order valence-corrected chi connectivity index (χ3v) is 5.34. The van der Waals surface area contributed by atoms with Crippen molar-refractivity contribution in [1.29, 1.82) is 0 Å². The second-order valence-corrected chi connectivity index (χ2v) is 7.81. The molecule has 1 aromatic carbocycles. The van der Waals surface area contributed by atoms with Crippen LogP contribution in [0.15, 0.2) is 35.1 Å². The molecule has 0 fully saturated rings. The molecule has 0 spiro atoms. The summed E-state index contributed by atoms with van der Waals surface area (Å²) in [5, 5.41) is 11.3. The summed E-state index contributed by atoms with van der Waals surface area (Å²) in [4.78, 5) is 12.7. The lowest BCUT2D eigenvalue weighted by Gasteiger charge is -2.16. The molecule has 0 saturated heterocycles. The highest BCUT2D eigenvalue weighted by molar-refractivity contribution is 6.03. The molecule has 31 heavy (non-hydrogen) atoms. The Morgan fingerprint density at radius 2 is 2.06 bits per heavy atom. The van der Waals surface area contributed by atoms with Gasteiger partial charge in [0.1, 0.15) is 5.76 Å². The molecule has 1 amide bonds. The van der Waals surface area contributed by atoms with Gasteiger partial charge in [0, 0.05) is 18.2 Å². The number of amides is 1. The number of ether oxygens (including phenoxy) is 2. The molecule has 3 aromatic rings. The van der Waals surface area contributed by atoms with E-state index in [1.165, 1.54) is 0 Å². The van der Waals surface area contributed by atoms with Crippen LogP contribution in [0, 0.1) is 5.92 Å². The summed E-state index contributed by atoms with van der Waals surface area (Å²) in [5.41, 5.74) is 2.94. The van der Waals surface area contributed by atoms with Gasteiger partial charge in [0.25, 0.3) is 5.91 Å². The molecular formula is C23H28N4O4. The summed E-state index contributed by atoms with van der Waals surface area (Å²) in [6.45, 7) is 7.75. The number of rotatable bonds is 8. The first-order chi connectivity index (χ1) is 15.1. The van der Waals surface area contributed by atoms with Gasteiger partial charge >= 0.3 is 0 Å². The van der Waals surface area contributed by atoms with E-state index in [9.17, 15) is 4.79 Å². The van der Waals surface area contributed by atoms with E-state index in [1.807, 2.05) is 32.0 Å². The number of anilines is 1. The van der Waals surface area contributed by atoms with Crippen molar-refractivity contribution in [3.05, 3.63) is 53.2 Å². The summed E-state index contributed by atoms with van der Waals surface area (Å²) < 4.78 is 18.5. The van der Waals surface area contributed by atoms with Gasteiger partial charge in [-0.05, 0) is 50.3 Å². The fraction of sp³-hybridized carbons (Fsp3) is 0.435. The standard InChI is InChI=1S/C23H28N4O4/c1-4-29-20-9-7-16(11-21(20)30-5-2)13-27-14-17(12-24-27)25-23(28)22-18-10-15(3)6-8-19(18)31-26-22/h7,9,11-12,14-15H,4-6,8,10,13H2,1-3H3,(H,25,28). The molecule has 1 aliphatic rings. The van der Waals surface area contributed by atoms with Gasteiger partial charge in [-0.2, -0.15) is 5.10 Å². The highest BCUT2D eigenvalue weighted by Gasteiger charge is 2.27. The maximum absolute atomic E-state index is 12.7. The van der Waals surface area contributed by atoms with Crippen LogP contribution in [-0.4, -0.2) is 34.1 Å². The van der Waals surface area contributed by atoms with Crippen LogP contribution in [0.1, 0.15) is 54.6 Å². The third kappa shape index (κ3) is 4.73. The van der Waals surface area contributed by atoms with Crippen LogP contribution in [0.3, 0.4) is 0 Å². The number of nitrogens with zero attached hydrogens (tertiary/aromatic N) is 3. The minimum Gasteiger partial charge on any atom is -0.490 e. The van der Waals surface area contributed by atoms with Crippen molar-refractivity contribution in [2.24, 2.45) is 5.92 Å². The van der Waals surface area contributed by atoms with Crippen LogP contribution >= 0.6 is 0 Å². The average molecular weight is 425 g/mol. The van der Waals surface area contributed by atoms with Crippen molar-refractivity contribution in [3.8, 4) is 11.5 Å². The lowest BCUT2D eigenvalue weighted by atomic mass is 9.88. The Hall–Kier alpha value is -3.29. The number of nitrogens with one attached hydrogen (secondary N) is 1. The Labute approximate surface area is 181 Å². The first-order valence-corrected chi connectivity index (χ1v) is 10.8. The summed E-state index contributed by atoms with van der Waals surface area (Å²) in [5.74, 6) is 2.54. The summed E-state index contributed by atoms with van der Waals surface area (Å²) >= 11 is 0. The maximum atomic E-state index is 12.7. The zero-order valence-corrected chi connectivity index (χ0v) is 18.2. The van der Waals surface area contributed by atoms with E-state index < -0.39 is 0 Å². The fourth-order valence-corrected chi connectivity index (χ4v) is 3.84. The molecule has 0 aliphatic heterocycles. The molecule has 4 rings (SSSR count). The van der Waals surface area contributed by atoms with Gasteiger partial charge in [0.2, 0.25) is 0 Å². The molecule has 2 heterocycles. The normalized spacial score (nSPS) is 15.4. The molecular weight excluding hydrogens is 396 g/mol. The van der Waals surface area contributed by atoms with Crippen molar-refractivity contribution in [2.45, 2.75) is 46.6 Å².